The standard InChI is InChI=1S/C19H30N4O5S/c1-19(2,22-12(8-24)9-25)11-20-18(27)21-14-10-29-16-7-13(28-4)5-6-15(16)23(3)17(14)26/h5-7,12,14,22,24-25H,8-11H2,1-4H3,(H2,20,21,27)/t14-/m1/s1. The summed E-state index contributed by atoms with van der Waals surface area (Å²) in [6, 6.07) is 3.89. The molecular weight excluding hydrogens is 396 g/mol. The molecule has 10 heteroatoms. The van der Waals surface area contributed by atoms with Crippen molar-refractivity contribution in [3.63, 3.8) is 0 Å². The van der Waals surface area contributed by atoms with Crippen LogP contribution in [0.25, 0.3) is 0 Å². The summed E-state index contributed by atoms with van der Waals surface area (Å²) in [5.74, 6) is 0.907. The van der Waals surface area contributed by atoms with Crippen LogP contribution in [0, 0.1) is 0 Å². The lowest BCUT2D eigenvalue weighted by atomic mass is 10.0. The van der Waals surface area contributed by atoms with Crippen LogP contribution >= 0.6 is 11.8 Å². The molecule has 1 atom stereocenters. The monoisotopic (exact) mass is 426 g/mol. The second kappa shape index (κ2) is 10.1. The van der Waals surface area contributed by atoms with E-state index in [0.29, 0.717) is 11.5 Å². The SMILES string of the molecule is COc1ccc2c(c1)SC[C@@H](NC(=O)NCC(C)(C)NC(CO)CO)C(=O)N2C. The molecule has 29 heavy (non-hydrogen) atoms. The fourth-order valence-corrected chi connectivity index (χ4v) is 4.10. The average Bonchev–Trinajstić information content (AvgIpc) is 2.82. The highest BCUT2D eigenvalue weighted by atomic mass is 32.2. The zero-order valence-corrected chi connectivity index (χ0v) is 18.0. The zero-order valence-electron chi connectivity index (χ0n) is 17.2. The topological polar surface area (TPSA) is 123 Å². The molecular formula is C19H30N4O5S. The number of amides is 3. The predicted octanol–water partition coefficient (Wildman–Crippen LogP) is 0.153. The number of carbonyl (C=O) groups excluding carboxylic acids is 2. The van der Waals surface area contributed by atoms with Gasteiger partial charge in [0.2, 0.25) is 5.91 Å². The number of carbonyl (C=O) groups is 2. The Morgan fingerprint density at radius 1 is 1.38 bits per heavy atom. The van der Waals surface area contributed by atoms with Crippen molar-refractivity contribution in [1.29, 1.82) is 0 Å². The summed E-state index contributed by atoms with van der Waals surface area (Å²) < 4.78 is 5.25. The van der Waals surface area contributed by atoms with Gasteiger partial charge in [0, 0.05) is 29.8 Å². The van der Waals surface area contributed by atoms with E-state index in [2.05, 4.69) is 16.0 Å². The normalized spacial score (nSPS) is 17.0. The first-order chi connectivity index (χ1) is 13.7. The minimum absolute atomic E-state index is 0.199. The second-order valence-electron chi connectivity index (χ2n) is 7.51. The maximum atomic E-state index is 12.8. The van der Waals surface area contributed by atoms with Gasteiger partial charge in [0.1, 0.15) is 11.8 Å². The van der Waals surface area contributed by atoms with Crippen LogP contribution in [0.1, 0.15) is 13.8 Å². The Morgan fingerprint density at radius 2 is 2.07 bits per heavy atom. The molecule has 0 saturated carbocycles. The van der Waals surface area contributed by atoms with Crippen LogP contribution in [0.15, 0.2) is 23.1 Å². The van der Waals surface area contributed by atoms with Gasteiger partial charge in [0.25, 0.3) is 0 Å². The molecule has 5 N–H and O–H groups in total. The molecule has 0 aliphatic carbocycles. The summed E-state index contributed by atoms with van der Waals surface area (Å²) in [5, 5.41) is 26.9. The first-order valence-electron chi connectivity index (χ1n) is 9.33. The molecule has 1 aliphatic rings. The molecule has 1 aliphatic heterocycles. The highest BCUT2D eigenvalue weighted by molar-refractivity contribution is 7.99. The van der Waals surface area contributed by atoms with Crippen molar-refractivity contribution in [3.8, 4) is 5.75 Å². The third kappa shape index (κ3) is 6.23. The maximum Gasteiger partial charge on any atom is 0.315 e. The van der Waals surface area contributed by atoms with E-state index in [1.165, 1.54) is 16.7 Å². The molecule has 0 fully saturated rings. The van der Waals surface area contributed by atoms with Crippen molar-refractivity contribution in [2.24, 2.45) is 0 Å². The van der Waals surface area contributed by atoms with E-state index < -0.39 is 23.7 Å². The van der Waals surface area contributed by atoms with Gasteiger partial charge in [-0.05, 0) is 32.0 Å². The summed E-state index contributed by atoms with van der Waals surface area (Å²) in [4.78, 5) is 27.6. The minimum atomic E-state index is -0.679. The number of aliphatic hydroxyl groups excluding tert-OH is 2. The maximum absolute atomic E-state index is 12.8. The van der Waals surface area contributed by atoms with Crippen molar-refractivity contribution in [2.75, 3.05) is 44.6 Å². The quantitative estimate of drug-likeness (QED) is 0.401. The van der Waals surface area contributed by atoms with Crippen LogP contribution < -0.4 is 25.6 Å². The van der Waals surface area contributed by atoms with E-state index in [1.54, 1.807) is 20.2 Å². The molecule has 0 spiro atoms. The molecule has 1 heterocycles. The number of urea groups is 1. The summed E-state index contributed by atoms with van der Waals surface area (Å²) in [6.07, 6.45) is 0. The van der Waals surface area contributed by atoms with Gasteiger partial charge in [-0.25, -0.2) is 4.79 Å². The van der Waals surface area contributed by atoms with Gasteiger partial charge >= 0.3 is 6.03 Å². The molecule has 0 radical (unpaired) electrons. The highest BCUT2D eigenvalue weighted by Gasteiger charge is 2.30. The molecule has 2 rings (SSSR count). The molecule has 0 unspecified atom stereocenters. The minimum Gasteiger partial charge on any atom is -0.497 e. The van der Waals surface area contributed by atoms with Crippen molar-refractivity contribution in [3.05, 3.63) is 18.2 Å². The van der Waals surface area contributed by atoms with Gasteiger partial charge < -0.3 is 35.8 Å². The van der Waals surface area contributed by atoms with Gasteiger partial charge in [0.05, 0.1) is 32.1 Å². The number of nitrogens with one attached hydrogen (secondary N) is 3. The number of aliphatic hydroxyl groups is 2. The van der Waals surface area contributed by atoms with E-state index in [0.717, 1.165) is 10.6 Å². The van der Waals surface area contributed by atoms with Crippen LogP contribution in [0.2, 0.25) is 0 Å². The van der Waals surface area contributed by atoms with Crippen LogP contribution in [0.5, 0.6) is 5.75 Å². The zero-order chi connectivity index (χ0) is 21.6. The molecule has 0 aromatic heterocycles. The first kappa shape index (κ1) is 23.3. The van der Waals surface area contributed by atoms with Gasteiger partial charge in [0.15, 0.2) is 0 Å². The van der Waals surface area contributed by atoms with Crippen molar-refractivity contribution in [2.45, 2.75) is 36.4 Å². The fraction of sp³-hybridized carbons (Fsp3) is 0.579. The fourth-order valence-electron chi connectivity index (χ4n) is 2.98. The summed E-state index contributed by atoms with van der Waals surface area (Å²) >= 11 is 1.48. The van der Waals surface area contributed by atoms with E-state index in [4.69, 9.17) is 4.74 Å². The molecule has 1 aromatic rings. The summed E-state index contributed by atoms with van der Waals surface area (Å²) in [7, 11) is 3.27. The summed E-state index contributed by atoms with van der Waals surface area (Å²) in [6.45, 7) is 3.51. The Labute approximate surface area is 175 Å². The van der Waals surface area contributed by atoms with E-state index >= 15 is 0 Å². The Balaban J connectivity index is 1.96. The number of thioether (sulfide) groups is 1. The second-order valence-corrected chi connectivity index (χ2v) is 8.57. The van der Waals surface area contributed by atoms with E-state index in [-0.39, 0.29) is 25.7 Å². The number of likely N-dealkylation sites (N-methyl/N-ethyl adjacent to an activating group) is 1. The van der Waals surface area contributed by atoms with Crippen molar-refractivity contribution >= 4 is 29.4 Å². The Morgan fingerprint density at radius 3 is 2.69 bits per heavy atom. The largest absolute Gasteiger partial charge is 0.497 e. The molecule has 162 valence electrons. The lowest BCUT2D eigenvalue weighted by Gasteiger charge is -2.31. The van der Waals surface area contributed by atoms with Gasteiger partial charge in [-0.15, -0.1) is 11.8 Å². The third-order valence-electron chi connectivity index (χ3n) is 4.59. The third-order valence-corrected chi connectivity index (χ3v) is 5.73. The number of rotatable bonds is 8. The molecule has 3 amide bonds. The molecule has 9 nitrogen and oxygen atoms in total. The lowest BCUT2D eigenvalue weighted by Crippen LogP contribution is -2.57. The van der Waals surface area contributed by atoms with Crippen LogP contribution in [0.4, 0.5) is 10.5 Å². The number of methoxy groups -OCH3 is 1. The Kier molecular flexibility index (Phi) is 8.14. The van der Waals surface area contributed by atoms with Crippen LogP contribution in [0.3, 0.4) is 0 Å². The van der Waals surface area contributed by atoms with E-state index in [9.17, 15) is 19.8 Å². The van der Waals surface area contributed by atoms with Gasteiger partial charge in [-0.1, -0.05) is 0 Å². The van der Waals surface area contributed by atoms with E-state index in [1.807, 2.05) is 26.0 Å². The average molecular weight is 427 g/mol. The number of nitrogens with zero attached hydrogens (tertiary/aromatic N) is 1. The Hall–Kier alpha value is -2.01. The smallest absolute Gasteiger partial charge is 0.315 e. The number of benzene rings is 1. The molecule has 1 aromatic carbocycles. The molecule has 0 bridgehead atoms. The lowest BCUT2D eigenvalue weighted by molar-refractivity contribution is -0.119. The molecule has 0 saturated heterocycles. The number of anilines is 1. The van der Waals surface area contributed by atoms with Crippen LogP contribution in [-0.2, 0) is 4.79 Å². The predicted molar refractivity (Wildman–Crippen MR) is 113 cm³/mol. The first-order valence-corrected chi connectivity index (χ1v) is 10.3. The number of ether oxygens (including phenoxy) is 1. The highest BCUT2D eigenvalue weighted by Crippen LogP contribution is 2.36. The Bertz CT molecular complexity index is 727. The van der Waals surface area contributed by atoms with Crippen LogP contribution in [-0.4, -0.2) is 79.4 Å². The van der Waals surface area contributed by atoms with Crippen molar-refractivity contribution in [1.82, 2.24) is 16.0 Å². The number of hydrogen-bond donors (Lipinski definition) is 5. The van der Waals surface area contributed by atoms with Gasteiger partial charge in [-0.2, -0.15) is 0 Å². The van der Waals surface area contributed by atoms with Crippen molar-refractivity contribution < 1.29 is 24.5 Å². The summed E-state index contributed by atoms with van der Waals surface area (Å²) in [5.41, 5.74) is 0.217. The van der Waals surface area contributed by atoms with Gasteiger partial charge in [-0.3, -0.25) is 4.79 Å². The number of hydrogen-bond acceptors (Lipinski definition) is 7. The number of fused-ring (bicyclic) bond motifs is 1.